The largest absolute Gasteiger partial charge is 0.593 e. The molecule has 3 rings (SSSR count). The van der Waals surface area contributed by atoms with Gasteiger partial charge >= 0.3 is 5.91 Å². The molecule has 0 spiro atoms. The molecule has 0 aliphatic carbocycles. The fraction of sp³-hybridized carbons (Fsp3) is 0. The molecule has 0 aliphatic rings. The lowest BCUT2D eigenvalue weighted by molar-refractivity contribution is 0.104. The summed E-state index contributed by atoms with van der Waals surface area (Å²) in [5.74, 6) is -0.633. The average Bonchev–Trinajstić information content (AvgIpc) is 2.62. The van der Waals surface area contributed by atoms with Crippen LogP contribution in [0.25, 0.3) is 27.2 Å². The van der Waals surface area contributed by atoms with Gasteiger partial charge in [-0.05, 0) is 34.4 Å². The van der Waals surface area contributed by atoms with Crippen LogP contribution in [0.1, 0.15) is 10.4 Å². The highest BCUT2D eigenvalue weighted by Crippen LogP contribution is 2.25. The lowest BCUT2D eigenvalue weighted by atomic mass is 9.99. The molecule has 0 bridgehead atoms. The Labute approximate surface area is 128 Å². The molecular formula is C19H13N2O+. The van der Waals surface area contributed by atoms with E-state index in [1.807, 2.05) is 30.3 Å². The molecule has 3 aromatic rings. The lowest BCUT2D eigenvalue weighted by Crippen LogP contribution is -1.90. The van der Waals surface area contributed by atoms with Crippen molar-refractivity contribution in [1.82, 2.24) is 0 Å². The quantitative estimate of drug-likeness (QED) is 0.635. The van der Waals surface area contributed by atoms with Crippen molar-refractivity contribution >= 4 is 5.91 Å². The molecule has 0 aromatic heterocycles. The Kier molecular flexibility index (Phi) is 3.76. The highest BCUT2D eigenvalue weighted by atomic mass is 16.1. The second kappa shape index (κ2) is 6.02. The van der Waals surface area contributed by atoms with Crippen LogP contribution in [0.4, 0.5) is 0 Å². The van der Waals surface area contributed by atoms with E-state index in [0.717, 1.165) is 16.7 Å². The first-order valence-electron chi connectivity index (χ1n) is 6.93. The lowest BCUT2D eigenvalue weighted by Gasteiger charge is -2.05. The van der Waals surface area contributed by atoms with Gasteiger partial charge in [0.2, 0.25) is 10.4 Å². The SMILES string of the molecule is N#[N+]C(=O)c1ccc(-c2ccc(-c3ccccc3)cc2)cc1. The molecule has 3 aromatic carbocycles. The molecule has 0 saturated heterocycles. The Morgan fingerprint density at radius 3 is 1.50 bits per heavy atom. The average molecular weight is 285 g/mol. The van der Waals surface area contributed by atoms with E-state index in [0.29, 0.717) is 5.56 Å². The summed E-state index contributed by atoms with van der Waals surface area (Å²) >= 11 is 0. The van der Waals surface area contributed by atoms with Gasteiger partial charge in [-0.15, -0.1) is 0 Å². The van der Waals surface area contributed by atoms with Crippen LogP contribution in [0, 0.1) is 5.39 Å². The summed E-state index contributed by atoms with van der Waals surface area (Å²) in [6.45, 7) is 0. The first kappa shape index (κ1) is 13.7. The van der Waals surface area contributed by atoms with Crippen molar-refractivity contribution in [1.29, 1.82) is 5.39 Å². The predicted octanol–water partition coefficient (Wildman–Crippen LogP) is 5.01. The molecule has 0 radical (unpaired) electrons. The Morgan fingerprint density at radius 1 is 0.636 bits per heavy atom. The van der Waals surface area contributed by atoms with E-state index in [2.05, 4.69) is 41.4 Å². The highest BCUT2D eigenvalue weighted by Gasteiger charge is 2.17. The van der Waals surface area contributed by atoms with Gasteiger partial charge in [-0.2, -0.15) is 4.79 Å². The summed E-state index contributed by atoms with van der Waals surface area (Å²) in [5.41, 5.74) is 4.79. The van der Waals surface area contributed by atoms with Crippen molar-refractivity contribution < 1.29 is 4.79 Å². The molecule has 3 heteroatoms. The Balaban J connectivity index is 1.87. The third kappa shape index (κ3) is 2.77. The number of amides is 1. The number of hydrogen-bond acceptors (Lipinski definition) is 2. The van der Waals surface area contributed by atoms with Gasteiger partial charge in [0, 0.05) is 0 Å². The van der Waals surface area contributed by atoms with E-state index in [4.69, 9.17) is 5.39 Å². The van der Waals surface area contributed by atoms with Crippen molar-refractivity contribution in [3.05, 3.63) is 89.4 Å². The van der Waals surface area contributed by atoms with Crippen LogP contribution in [0.2, 0.25) is 0 Å². The maximum absolute atomic E-state index is 11.2. The van der Waals surface area contributed by atoms with Crippen LogP contribution in [-0.2, 0) is 0 Å². The van der Waals surface area contributed by atoms with Gasteiger partial charge in [-0.25, -0.2) is 0 Å². The Bertz CT molecular complexity index is 829. The second-order valence-corrected chi connectivity index (χ2v) is 4.93. The van der Waals surface area contributed by atoms with Gasteiger partial charge in [-0.3, -0.25) is 0 Å². The molecule has 3 nitrogen and oxygen atoms in total. The van der Waals surface area contributed by atoms with Crippen LogP contribution in [-0.4, -0.2) is 5.91 Å². The number of carbonyl (C=O) groups excluding carboxylic acids is 1. The van der Waals surface area contributed by atoms with E-state index < -0.39 is 5.91 Å². The molecule has 0 aliphatic heterocycles. The van der Waals surface area contributed by atoms with Crippen molar-refractivity contribution in [2.24, 2.45) is 0 Å². The minimum Gasteiger partial charge on any atom is -0.193 e. The smallest absolute Gasteiger partial charge is 0.193 e. The van der Waals surface area contributed by atoms with E-state index in [-0.39, 0.29) is 0 Å². The summed E-state index contributed by atoms with van der Waals surface area (Å²) in [6.07, 6.45) is 0. The number of nitrogens with zero attached hydrogens (tertiary/aromatic N) is 2. The first-order chi connectivity index (χ1) is 10.8. The van der Waals surface area contributed by atoms with Crippen LogP contribution in [0.15, 0.2) is 78.9 Å². The topological polar surface area (TPSA) is 45.2 Å². The second-order valence-electron chi connectivity index (χ2n) is 4.93. The van der Waals surface area contributed by atoms with Crippen molar-refractivity contribution in [2.45, 2.75) is 0 Å². The van der Waals surface area contributed by atoms with Crippen molar-refractivity contribution in [2.75, 3.05) is 0 Å². The first-order valence-corrected chi connectivity index (χ1v) is 6.93. The van der Waals surface area contributed by atoms with Gasteiger partial charge < -0.3 is 0 Å². The monoisotopic (exact) mass is 285 g/mol. The zero-order chi connectivity index (χ0) is 15.4. The molecule has 1 amide bonds. The number of hydrogen-bond donors (Lipinski definition) is 0. The van der Waals surface area contributed by atoms with Gasteiger partial charge in [-0.1, -0.05) is 66.7 Å². The normalized spacial score (nSPS) is 9.95. The number of carbonyl (C=O) groups is 1. The Hall–Kier alpha value is -3.25. The minimum absolute atomic E-state index is 0.368. The third-order valence-electron chi connectivity index (χ3n) is 3.55. The van der Waals surface area contributed by atoms with Crippen LogP contribution < -0.4 is 0 Å². The van der Waals surface area contributed by atoms with E-state index in [1.54, 1.807) is 12.1 Å². The number of rotatable bonds is 3. The van der Waals surface area contributed by atoms with E-state index >= 15 is 0 Å². The van der Waals surface area contributed by atoms with Gasteiger partial charge in [0.25, 0.3) is 0 Å². The highest BCUT2D eigenvalue weighted by molar-refractivity contribution is 6.01. The van der Waals surface area contributed by atoms with E-state index in [9.17, 15) is 4.79 Å². The molecule has 0 saturated carbocycles. The summed E-state index contributed by atoms with van der Waals surface area (Å²) in [4.78, 5) is 13.9. The van der Waals surface area contributed by atoms with Gasteiger partial charge in [0.1, 0.15) is 5.56 Å². The molecule has 0 unspecified atom stereocenters. The fourth-order valence-electron chi connectivity index (χ4n) is 2.35. The van der Waals surface area contributed by atoms with Gasteiger partial charge in [0.05, 0.1) is 0 Å². The number of diazo groups is 1. The zero-order valence-electron chi connectivity index (χ0n) is 11.8. The summed E-state index contributed by atoms with van der Waals surface area (Å²) in [5, 5.41) is 8.49. The van der Waals surface area contributed by atoms with Crippen LogP contribution in [0.3, 0.4) is 0 Å². The fourth-order valence-corrected chi connectivity index (χ4v) is 2.35. The van der Waals surface area contributed by atoms with Crippen LogP contribution in [0.5, 0.6) is 0 Å². The standard InChI is InChI=1S/C19H13N2O/c20-21-19(22)18-12-10-17(11-13-18)16-8-6-15(7-9-16)14-4-2-1-3-5-14/h1-13H/q+1. The maximum Gasteiger partial charge on any atom is 0.593 e. The summed E-state index contributed by atoms with van der Waals surface area (Å²) in [6, 6.07) is 25.4. The molecule has 22 heavy (non-hydrogen) atoms. The molecule has 0 heterocycles. The molecule has 0 atom stereocenters. The molecular weight excluding hydrogens is 272 g/mol. The minimum atomic E-state index is -0.633. The maximum atomic E-state index is 11.2. The van der Waals surface area contributed by atoms with Crippen molar-refractivity contribution in [3.63, 3.8) is 0 Å². The summed E-state index contributed by atoms with van der Waals surface area (Å²) < 4.78 is 0. The Morgan fingerprint density at radius 2 is 1.05 bits per heavy atom. The molecule has 104 valence electrons. The van der Waals surface area contributed by atoms with Gasteiger partial charge in [0.15, 0.2) is 0 Å². The zero-order valence-corrected chi connectivity index (χ0v) is 11.8. The van der Waals surface area contributed by atoms with Crippen molar-refractivity contribution in [3.8, 4) is 22.3 Å². The third-order valence-corrected chi connectivity index (χ3v) is 3.55. The number of benzene rings is 3. The predicted molar refractivity (Wildman–Crippen MR) is 86.7 cm³/mol. The van der Waals surface area contributed by atoms with E-state index in [1.165, 1.54) is 5.56 Å². The van der Waals surface area contributed by atoms with Crippen LogP contribution >= 0.6 is 0 Å². The summed E-state index contributed by atoms with van der Waals surface area (Å²) in [7, 11) is 0. The molecule has 0 N–H and O–H groups in total. The molecule has 0 fully saturated rings.